The molecule has 1 N–H and O–H groups in total. The van der Waals surface area contributed by atoms with Gasteiger partial charge in [-0.25, -0.2) is 0 Å². The molecular weight excluding hydrogens is 302 g/mol. The zero-order valence-corrected chi connectivity index (χ0v) is 14.5. The van der Waals surface area contributed by atoms with Crippen molar-refractivity contribution in [1.82, 2.24) is 5.32 Å². The summed E-state index contributed by atoms with van der Waals surface area (Å²) in [7, 11) is 3.27. The van der Waals surface area contributed by atoms with E-state index in [9.17, 15) is 4.79 Å². The van der Waals surface area contributed by atoms with Crippen molar-refractivity contribution in [1.29, 1.82) is 0 Å². The van der Waals surface area contributed by atoms with Gasteiger partial charge in [-0.05, 0) is 47.4 Å². The molecule has 1 aliphatic carbocycles. The van der Waals surface area contributed by atoms with Gasteiger partial charge >= 0.3 is 0 Å². The lowest BCUT2D eigenvalue weighted by Gasteiger charge is -2.07. The van der Waals surface area contributed by atoms with Crippen molar-refractivity contribution < 1.29 is 14.3 Å². The molecule has 0 bridgehead atoms. The highest BCUT2D eigenvalue weighted by molar-refractivity contribution is 5.95. The number of benzene rings is 2. The van der Waals surface area contributed by atoms with Gasteiger partial charge in [0.2, 0.25) is 0 Å². The highest BCUT2D eigenvalue weighted by atomic mass is 16.5. The summed E-state index contributed by atoms with van der Waals surface area (Å²) in [5.74, 6) is 1.85. The van der Waals surface area contributed by atoms with Gasteiger partial charge in [0.25, 0.3) is 5.91 Å². The number of carbonyl (C=O) groups is 1. The quantitative estimate of drug-likeness (QED) is 0.913. The molecule has 3 rings (SSSR count). The highest BCUT2D eigenvalue weighted by Gasteiger charge is 2.59. The van der Waals surface area contributed by atoms with E-state index in [1.165, 1.54) is 5.56 Å². The molecule has 1 saturated carbocycles. The maximum Gasteiger partial charge on any atom is 0.251 e. The van der Waals surface area contributed by atoms with Crippen LogP contribution < -0.4 is 14.8 Å². The molecule has 1 aliphatic rings. The van der Waals surface area contributed by atoms with E-state index in [4.69, 9.17) is 9.47 Å². The number of carbonyl (C=O) groups excluding carboxylic acids is 1. The molecule has 1 amide bonds. The van der Waals surface area contributed by atoms with Crippen LogP contribution in [0.4, 0.5) is 0 Å². The maximum atomic E-state index is 12.5. The molecule has 2 aromatic carbocycles. The number of rotatable bonds is 5. The topological polar surface area (TPSA) is 47.6 Å². The predicted octanol–water partition coefficient (Wildman–Crippen LogP) is 3.63. The van der Waals surface area contributed by atoms with Crippen molar-refractivity contribution in [2.75, 3.05) is 14.2 Å². The Morgan fingerprint density at radius 2 is 1.42 bits per heavy atom. The fourth-order valence-corrected chi connectivity index (χ4v) is 3.31. The molecule has 4 heteroatoms. The van der Waals surface area contributed by atoms with Gasteiger partial charge in [0.1, 0.15) is 11.5 Å². The predicted molar refractivity (Wildman–Crippen MR) is 93.8 cm³/mol. The van der Waals surface area contributed by atoms with Crippen LogP contribution in [0.15, 0.2) is 48.5 Å². The minimum absolute atomic E-state index is 0.0384. The van der Waals surface area contributed by atoms with Gasteiger partial charge in [-0.3, -0.25) is 4.79 Å². The van der Waals surface area contributed by atoms with Crippen molar-refractivity contribution >= 4 is 5.91 Å². The Kier molecular flexibility index (Phi) is 4.22. The molecule has 0 aromatic heterocycles. The summed E-state index contributed by atoms with van der Waals surface area (Å²) in [5, 5.41) is 3.16. The third kappa shape index (κ3) is 2.96. The van der Waals surface area contributed by atoms with Crippen LogP contribution in [0.2, 0.25) is 0 Å². The molecule has 0 aliphatic heterocycles. The Balaban J connectivity index is 1.71. The lowest BCUT2D eigenvalue weighted by Crippen LogP contribution is -2.28. The number of hydrogen-bond acceptors (Lipinski definition) is 3. The summed E-state index contributed by atoms with van der Waals surface area (Å²) < 4.78 is 10.3. The van der Waals surface area contributed by atoms with Gasteiger partial charge in [-0.15, -0.1) is 0 Å². The normalized spacial score (nSPS) is 21.0. The van der Waals surface area contributed by atoms with Crippen LogP contribution in [0.1, 0.15) is 35.7 Å². The molecule has 4 nitrogen and oxygen atoms in total. The first-order valence-corrected chi connectivity index (χ1v) is 8.06. The Bertz CT molecular complexity index is 720. The Morgan fingerprint density at radius 3 is 1.92 bits per heavy atom. The second-order valence-electron chi connectivity index (χ2n) is 6.75. The molecule has 0 heterocycles. The summed E-state index contributed by atoms with van der Waals surface area (Å²) in [5.41, 5.74) is 1.91. The van der Waals surface area contributed by atoms with E-state index in [1.54, 1.807) is 38.5 Å². The first kappa shape index (κ1) is 16.4. The van der Waals surface area contributed by atoms with E-state index in [-0.39, 0.29) is 17.4 Å². The van der Waals surface area contributed by atoms with Gasteiger partial charge in [0, 0.05) is 17.5 Å². The number of nitrogens with one attached hydrogen (secondary N) is 1. The highest BCUT2D eigenvalue weighted by Crippen LogP contribution is 2.58. The maximum absolute atomic E-state index is 12.5. The Morgan fingerprint density at radius 1 is 0.917 bits per heavy atom. The molecule has 0 radical (unpaired) electrons. The van der Waals surface area contributed by atoms with Crippen molar-refractivity contribution in [2.45, 2.75) is 25.8 Å². The molecule has 2 aromatic rings. The fourth-order valence-electron chi connectivity index (χ4n) is 3.31. The van der Waals surface area contributed by atoms with Crippen molar-refractivity contribution in [2.24, 2.45) is 5.41 Å². The van der Waals surface area contributed by atoms with Gasteiger partial charge in [0.05, 0.1) is 14.2 Å². The summed E-state index contributed by atoms with van der Waals surface area (Å²) in [6.45, 7) is 4.36. The molecule has 126 valence electrons. The van der Waals surface area contributed by atoms with Crippen molar-refractivity contribution in [3.8, 4) is 11.5 Å². The average molecular weight is 325 g/mol. The summed E-state index contributed by atoms with van der Waals surface area (Å²) >= 11 is 0. The van der Waals surface area contributed by atoms with E-state index >= 15 is 0 Å². The first-order valence-electron chi connectivity index (χ1n) is 8.06. The molecule has 1 fully saturated rings. The van der Waals surface area contributed by atoms with Gasteiger partial charge in [-0.2, -0.15) is 0 Å². The Hall–Kier alpha value is -2.49. The van der Waals surface area contributed by atoms with Crippen LogP contribution in [-0.2, 0) is 0 Å². The molecule has 2 atom stereocenters. The summed E-state index contributed by atoms with van der Waals surface area (Å²) in [6, 6.07) is 15.4. The SMILES string of the molecule is COc1ccc(C(=O)N[C@H]2[C@H](c3ccc(OC)cc3)C2(C)C)cc1. The van der Waals surface area contributed by atoms with Crippen molar-refractivity contribution in [3.05, 3.63) is 59.7 Å². The van der Waals surface area contributed by atoms with Crippen LogP contribution in [0, 0.1) is 5.41 Å². The number of amides is 1. The van der Waals surface area contributed by atoms with E-state index in [0.29, 0.717) is 11.5 Å². The minimum atomic E-state index is -0.0493. The smallest absolute Gasteiger partial charge is 0.251 e. The van der Waals surface area contributed by atoms with Crippen LogP contribution >= 0.6 is 0 Å². The van der Waals surface area contributed by atoms with Crippen LogP contribution in [0.3, 0.4) is 0 Å². The summed E-state index contributed by atoms with van der Waals surface area (Å²) in [4.78, 5) is 12.5. The first-order chi connectivity index (χ1) is 11.5. The second kappa shape index (κ2) is 6.19. The van der Waals surface area contributed by atoms with Crippen LogP contribution in [0.25, 0.3) is 0 Å². The third-order valence-corrected chi connectivity index (χ3v) is 4.94. The van der Waals surface area contributed by atoms with Gasteiger partial charge in [0.15, 0.2) is 0 Å². The van der Waals surface area contributed by atoms with Crippen LogP contribution in [-0.4, -0.2) is 26.2 Å². The van der Waals surface area contributed by atoms with Crippen LogP contribution in [0.5, 0.6) is 11.5 Å². The largest absolute Gasteiger partial charge is 0.497 e. The fraction of sp³-hybridized carbons (Fsp3) is 0.350. The monoisotopic (exact) mass is 325 g/mol. The van der Waals surface area contributed by atoms with Crippen molar-refractivity contribution in [3.63, 3.8) is 0 Å². The average Bonchev–Trinajstić information content (AvgIpc) is 3.15. The molecule has 0 saturated heterocycles. The van der Waals surface area contributed by atoms with E-state index in [0.717, 1.165) is 11.5 Å². The summed E-state index contributed by atoms with van der Waals surface area (Å²) in [6.07, 6.45) is 0. The second-order valence-corrected chi connectivity index (χ2v) is 6.75. The zero-order valence-electron chi connectivity index (χ0n) is 14.5. The van der Waals surface area contributed by atoms with Gasteiger partial charge in [-0.1, -0.05) is 26.0 Å². The number of hydrogen-bond donors (Lipinski definition) is 1. The lowest BCUT2D eigenvalue weighted by molar-refractivity contribution is 0.0946. The Labute approximate surface area is 142 Å². The number of methoxy groups -OCH3 is 2. The zero-order chi connectivity index (χ0) is 17.3. The van der Waals surface area contributed by atoms with E-state index < -0.39 is 0 Å². The van der Waals surface area contributed by atoms with E-state index in [1.807, 2.05) is 12.1 Å². The molecule has 0 spiro atoms. The lowest BCUT2D eigenvalue weighted by atomic mass is 10.0. The molecule has 24 heavy (non-hydrogen) atoms. The third-order valence-electron chi connectivity index (χ3n) is 4.94. The molecule has 0 unspecified atom stereocenters. The number of ether oxygens (including phenoxy) is 2. The minimum Gasteiger partial charge on any atom is -0.497 e. The van der Waals surface area contributed by atoms with Gasteiger partial charge < -0.3 is 14.8 Å². The van der Waals surface area contributed by atoms with E-state index in [2.05, 4.69) is 31.3 Å². The standard InChI is InChI=1S/C20H23NO3/c1-20(2)17(13-5-9-15(23-3)10-6-13)18(20)21-19(22)14-7-11-16(24-4)12-8-14/h5-12,17-18H,1-4H3,(H,21,22)/t17-,18-/m0/s1. The molecular formula is C20H23NO3.